The number of hydrogen-bond donors (Lipinski definition) is 1. The second kappa shape index (κ2) is 5.55. The van der Waals surface area contributed by atoms with E-state index in [0.29, 0.717) is 11.6 Å². The van der Waals surface area contributed by atoms with Gasteiger partial charge < -0.3 is 10.5 Å². The van der Waals surface area contributed by atoms with Gasteiger partial charge in [-0.2, -0.15) is 0 Å². The Hall–Kier alpha value is -2.01. The first-order valence-corrected chi connectivity index (χ1v) is 5.99. The molecule has 0 unspecified atom stereocenters. The molecule has 0 amide bonds. The summed E-state index contributed by atoms with van der Waals surface area (Å²) in [4.78, 5) is 8.37. The van der Waals surface area contributed by atoms with E-state index in [1.807, 2.05) is 24.3 Å². The Morgan fingerprint density at radius 3 is 2.72 bits per heavy atom. The standard InChI is InChI=1S/C13H13N3OS/c1-2-9-5-3-4-6-10(9)17-13-11(12(14)18)15-7-8-16-13/h3-8H,2H2,1H3,(H2,14,18). The predicted octanol–water partition coefficient (Wildman–Crippen LogP) is 2.47. The zero-order chi connectivity index (χ0) is 13.0. The highest BCUT2D eigenvalue weighted by Gasteiger charge is 2.11. The molecule has 0 bridgehead atoms. The lowest BCUT2D eigenvalue weighted by Gasteiger charge is -2.10. The summed E-state index contributed by atoms with van der Waals surface area (Å²) < 4.78 is 5.75. The Bertz CT molecular complexity index is 572. The number of benzene rings is 1. The molecule has 92 valence electrons. The average Bonchev–Trinajstić information content (AvgIpc) is 2.40. The minimum atomic E-state index is 0.173. The van der Waals surface area contributed by atoms with Crippen molar-refractivity contribution in [2.45, 2.75) is 13.3 Å². The summed E-state index contributed by atoms with van der Waals surface area (Å²) in [6, 6.07) is 7.77. The van der Waals surface area contributed by atoms with Gasteiger partial charge in [0, 0.05) is 12.4 Å². The Balaban J connectivity index is 2.37. The number of nitrogens with two attached hydrogens (primary N) is 1. The van der Waals surface area contributed by atoms with Gasteiger partial charge >= 0.3 is 0 Å². The summed E-state index contributed by atoms with van der Waals surface area (Å²) in [6.07, 6.45) is 3.96. The molecule has 0 aliphatic heterocycles. The normalized spacial score (nSPS) is 10.1. The Morgan fingerprint density at radius 1 is 1.28 bits per heavy atom. The van der Waals surface area contributed by atoms with Crippen molar-refractivity contribution < 1.29 is 4.74 Å². The number of hydrogen-bond acceptors (Lipinski definition) is 4. The van der Waals surface area contributed by atoms with Crippen LogP contribution in [-0.2, 0) is 6.42 Å². The van der Waals surface area contributed by atoms with Crippen molar-refractivity contribution in [3.8, 4) is 11.6 Å². The van der Waals surface area contributed by atoms with Gasteiger partial charge in [0.1, 0.15) is 10.7 Å². The van der Waals surface area contributed by atoms with E-state index in [4.69, 9.17) is 22.7 Å². The highest BCUT2D eigenvalue weighted by molar-refractivity contribution is 7.80. The largest absolute Gasteiger partial charge is 0.437 e. The number of aryl methyl sites for hydroxylation is 1. The summed E-state index contributed by atoms with van der Waals surface area (Å²) in [5, 5.41) is 0. The third-order valence-corrected chi connectivity index (χ3v) is 2.65. The van der Waals surface area contributed by atoms with Crippen LogP contribution in [0.2, 0.25) is 0 Å². The lowest BCUT2D eigenvalue weighted by molar-refractivity contribution is 0.454. The Labute approximate surface area is 111 Å². The fourth-order valence-corrected chi connectivity index (χ4v) is 1.71. The molecule has 2 rings (SSSR count). The first kappa shape index (κ1) is 12.4. The van der Waals surface area contributed by atoms with Crippen LogP contribution < -0.4 is 10.5 Å². The number of ether oxygens (including phenoxy) is 1. The van der Waals surface area contributed by atoms with E-state index in [9.17, 15) is 0 Å². The molecule has 1 aromatic carbocycles. The topological polar surface area (TPSA) is 61.0 Å². The van der Waals surface area contributed by atoms with Crippen molar-refractivity contribution in [2.75, 3.05) is 0 Å². The van der Waals surface area contributed by atoms with E-state index in [2.05, 4.69) is 16.9 Å². The van der Waals surface area contributed by atoms with Crippen LogP contribution in [0.25, 0.3) is 0 Å². The van der Waals surface area contributed by atoms with Crippen molar-refractivity contribution in [3.63, 3.8) is 0 Å². The van der Waals surface area contributed by atoms with Gasteiger partial charge in [0.15, 0.2) is 5.69 Å². The van der Waals surface area contributed by atoms with E-state index in [1.165, 1.54) is 6.20 Å². The summed E-state index contributed by atoms with van der Waals surface area (Å²) in [7, 11) is 0. The van der Waals surface area contributed by atoms with E-state index < -0.39 is 0 Å². The molecule has 1 aromatic heterocycles. The number of thiocarbonyl (C=S) groups is 1. The maximum atomic E-state index is 5.75. The zero-order valence-electron chi connectivity index (χ0n) is 9.96. The van der Waals surface area contributed by atoms with Gasteiger partial charge in [-0.3, -0.25) is 0 Å². The highest BCUT2D eigenvalue weighted by Crippen LogP contribution is 2.25. The quantitative estimate of drug-likeness (QED) is 0.855. The molecule has 5 heteroatoms. The van der Waals surface area contributed by atoms with Crippen LogP contribution >= 0.6 is 12.2 Å². The molecule has 4 nitrogen and oxygen atoms in total. The molecule has 0 saturated carbocycles. The van der Waals surface area contributed by atoms with Crippen LogP contribution in [0.4, 0.5) is 0 Å². The molecule has 0 saturated heterocycles. The molecule has 0 atom stereocenters. The van der Waals surface area contributed by atoms with E-state index >= 15 is 0 Å². The number of nitrogens with zero attached hydrogens (tertiary/aromatic N) is 2. The third kappa shape index (κ3) is 2.62. The van der Waals surface area contributed by atoms with Gasteiger partial charge in [0.05, 0.1) is 0 Å². The van der Waals surface area contributed by atoms with Crippen molar-refractivity contribution in [1.82, 2.24) is 9.97 Å². The second-order valence-electron chi connectivity index (χ2n) is 3.64. The molecule has 0 aliphatic carbocycles. The first-order chi connectivity index (χ1) is 8.72. The van der Waals surface area contributed by atoms with Gasteiger partial charge in [-0.05, 0) is 18.1 Å². The van der Waals surface area contributed by atoms with Crippen LogP contribution in [0, 0.1) is 0 Å². The van der Waals surface area contributed by atoms with Crippen LogP contribution in [0.1, 0.15) is 18.2 Å². The monoisotopic (exact) mass is 259 g/mol. The molecule has 2 aromatic rings. The van der Waals surface area contributed by atoms with Gasteiger partial charge in [-0.15, -0.1) is 0 Å². The molecule has 0 aliphatic rings. The van der Waals surface area contributed by atoms with E-state index in [0.717, 1.165) is 17.7 Å². The van der Waals surface area contributed by atoms with E-state index in [1.54, 1.807) is 6.20 Å². The smallest absolute Gasteiger partial charge is 0.248 e. The summed E-state index contributed by atoms with van der Waals surface area (Å²) >= 11 is 4.92. The molecule has 0 radical (unpaired) electrons. The average molecular weight is 259 g/mol. The van der Waals surface area contributed by atoms with Gasteiger partial charge in [-0.1, -0.05) is 37.3 Å². The number of rotatable bonds is 4. The fraction of sp³-hybridized carbons (Fsp3) is 0.154. The minimum absolute atomic E-state index is 0.173. The second-order valence-corrected chi connectivity index (χ2v) is 4.08. The van der Waals surface area contributed by atoms with E-state index in [-0.39, 0.29) is 4.99 Å². The van der Waals surface area contributed by atoms with Gasteiger partial charge in [0.2, 0.25) is 5.88 Å². The van der Waals surface area contributed by atoms with Crippen LogP contribution in [0.5, 0.6) is 11.6 Å². The van der Waals surface area contributed by atoms with Crippen molar-refractivity contribution >= 4 is 17.2 Å². The van der Waals surface area contributed by atoms with Crippen molar-refractivity contribution in [1.29, 1.82) is 0 Å². The molecular weight excluding hydrogens is 246 g/mol. The number of aromatic nitrogens is 2. The maximum Gasteiger partial charge on any atom is 0.248 e. The Morgan fingerprint density at radius 2 is 2.00 bits per heavy atom. The molecule has 2 N–H and O–H groups in total. The Kier molecular flexibility index (Phi) is 3.84. The minimum Gasteiger partial charge on any atom is -0.437 e. The zero-order valence-corrected chi connectivity index (χ0v) is 10.8. The number of para-hydroxylation sites is 1. The van der Waals surface area contributed by atoms with Crippen molar-refractivity contribution in [3.05, 3.63) is 47.9 Å². The summed E-state index contributed by atoms with van der Waals surface area (Å²) in [5.74, 6) is 1.09. The first-order valence-electron chi connectivity index (χ1n) is 5.59. The van der Waals surface area contributed by atoms with Crippen LogP contribution in [0.3, 0.4) is 0 Å². The SMILES string of the molecule is CCc1ccccc1Oc1nccnc1C(N)=S. The predicted molar refractivity (Wildman–Crippen MR) is 73.8 cm³/mol. The van der Waals surface area contributed by atoms with Crippen LogP contribution in [0.15, 0.2) is 36.7 Å². The molecule has 0 spiro atoms. The third-order valence-electron chi connectivity index (χ3n) is 2.46. The lowest BCUT2D eigenvalue weighted by Crippen LogP contribution is -2.13. The summed E-state index contributed by atoms with van der Waals surface area (Å²) in [5.41, 5.74) is 7.08. The van der Waals surface area contributed by atoms with Crippen molar-refractivity contribution in [2.24, 2.45) is 5.73 Å². The lowest BCUT2D eigenvalue weighted by atomic mass is 10.1. The molecule has 0 fully saturated rings. The van der Waals surface area contributed by atoms with Gasteiger partial charge in [-0.25, -0.2) is 9.97 Å². The van der Waals surface area contributed by atoms with Gasteiger partial charge in [0.25, 0.3) is 0 Å². The molecule has 1 heterocycles. The highest BCUT2D eigenvalue weighted by atomic mass is 32.1. The molecular formula is C13H13N3OS. The fourth-order valence-electron chi connectivity index (χ4n) is 1.57. The molecule has 18 heavy (non-hydrogen) atoms. The van der Waals surface area contributed by atoms with Crippen LogP contribution in [-0.4, -0.2) is 15.0 Å². The summed E-state index contributed by atoms with van der Waals surface area (Å²) in [6.45, 7) is 2.06. The maximum absolute atomic E-state index is 5.75.